The number of nitrogens with zero attached hydrogens (tertiary/aromatic N) is 1. The van der Waals surface area contributed by atoms with Gasteiger partial charge in [-0.1, -0.05) is 6.07 Å². The number of hydrogen-bond donors (Lipinski definition) is 1. The van der Waals surface area contributed by atoms with Gasteiger partial charge in [-0.2, -0.15) is 0 Å². The molecule has 0 aliphatic heterocycles. The fraction of sp³-hybridized carbons (Fsp3) is 0.222. The van der Waals surface area contributed by atoms with Crippen LogP contribution in [0.3, 0.4) is 0 Å². The molecule has 0 fully saturated rings. The molecule has 0 bridgehead atoms. The molecule has 0 aliphatic rings. The van der Waals surface area contributed by atoms with Crippen LogP contribution in [0.4, 0.5) is 0 Å². The number of nitrogens with one attached hydrogen (secondary N) is 1. The predicted octanol–water partition coefficient (Wildman–Crippen LogP) is 1.99. The van der Waals surface area contributed by atoms with Crippen molar-refractivity contribution in [3.8, 4) is 0 Å². The topological polar surface area (TPSA) is 59.1 Å². The maximum absolute atomic E-state index is 11.8. The summed E-state index contributed by atoms with van der Waals surface area (Å²) in [4.78, 5) is 4.98. The summed E-state index contributed by atoms with van der Waals surface area (Å²) in [7, 11) is -3.36. The Bertz CT molecular complexity index is 557. The molecule has 2 aromatic rings. The molecule has 2 rings (SSSR count). The van der Waals surface area contributed by atoms with E-state index in [1.807, 2.05) is 6.92 Å². The van der Waals surface area contributed by atoms with Crippen molar-refractivity contribution in [1.29, 1.82) is 0 Å². The smallest absolute Gasteiger partial charge is 0.250 e. The van der Waals surface area contributed by atoms with E-state index in [9.17, 15) is 8.42 Å². The Morgan fingerprint density at radius 3 is 2.88 bits per heavy atom. The van der Waals surface area contributed by atoms with E-state index in [-0.39, 0.29) is 0 Å². The summed E-state index contributed by atoms with van der Waals surface area (Å²) < 4.78 is 26.4. The average molecular weight is 274 g/mol. The van der Waals surface area contributed by atoms with E-state index in [1.54, 1.807) is 23.7 Å². The first-order valence-corrected chi connectivity index (χ1v) is 7.70. The van der Waals surface area contributed by atoms with Crippen molar-refractivity contribution >= 4 is 32.7 Å². The maximum Gasteiger partial charge on any atom is 0.250 e. The van der Waals surface area contributed by atoms with Gasteiger partial charge in [0.2, 0.25) is 10.0 Å². The summed E-state index contributed by atoms with van der Waals surface area (Å²) in [5, 5.41) is 2.68. The molecule has 0 saturated heterocycles. The molecule has 0 aliphatic carbocycles. The van der Waals surface area contributed by atoms with E-state index in [0.29, 0.717) is 10.8 Å². The normalized spacial score (nSPS) is 11.8. The second-order valence-corrected chi connectivity index (χ2v) is 7.36. The van der Waals surface area contributed by atoms with Crippen LogP contribution >= 0.6 is 22.7 Å². The maximum atomic E-state index is 11.8. The van der Waals surface area contributed by atoms with Crippen molar-refractivity contribution in [3.05, 3.63) is 33.6 Å². The van der Waals surface area contributed by atoms with Crippen LogP contribution in [0.5, 0.6) is 0 Å². The molecular formula is C9H10N2O2S3. The van der Waals surface area contributed by atoms with Crippen molar-refractivity contribution in [3.63, 3.8) is 0 Å². The summed E-state index contributed by atoms with van der Waals surface area (Å²) in [5.74, 6) is 0. The molecule has 0 atom stereocenters. The lowest BCUT2D eigenvalue weighted by Crippen LogP contribution is -2.21. The van der Waals surface area contributed by atoms with Gasteiger partial charge in [-0.3, -0.25) is 0 Å². The van der Waals surface area contributed by atoms with E-state index in [4.69, 9.17) is 0 Å². The fourth-order valence-corrected chi connectivity index (χ4v) is 4.01. The third-order valence-electron chi connectivity index (χ3n) is 1.87. The minimum absolute atomic E-state index is 0.297. The summed E-state index contributed by atoms with van der Waals surface area (Å²) >= 11 is 2.70. The molecule has 1 N–H and O–H groups in total. The lowest BCUT2D eigenvalue weighted by molar-refractivity contribution is 0.584. The highest BCUT2D eigenvalue weighted by atomic mass is 32.2. The first kappa shape index (κ1) is 11.7. The van der Waals surface area contributed by atoms with Crippen LogP contribution in [-0.4, -0.2) is 13.4 Å². The molecule has 0 saturated carbocycles. The van der Waals surface area contributed by atoms with Crippen LogP contribution in [0.15, 0.2) is 27.9 Å². The van der Waals surface area contributed by atoms with Crippen LogP contribution < -0.4 is 4.72 Å². The van der Waals surface area contributed by atoms with Crippen molar-refractivity contribution in [2.75, 3.05) is 0 Å². The van der Waals surface area contributed by atoms with Gasteiger partial charge < -0.3 is 0 Å². The Morgan fingerprint density at radius 1 is 1.50 bits per heavy atom. The Hall–Kier alpha value is -0.760. The highest BCUT2D eigenvalue weighted by molar-refractivity contribution is 7.91. The monoisotopic (exact) mass is 274 g/mol. The minimum Gasteiger partial charge on any atom is -0.250 e. The number of sulfonamides is 1. The van der Waals surface area contributed by atoms with Crippen LogP contribution in [0.1, 0.15) is 9.88 Å². The van der Waals surface area contributed by atoms with Gasteiger partial charge in [0, 0.05) is 17.6 Å². The van der Waals surface area contributed by atoms with E-state index in [0.717, 1.165) is 9.88 Å². The van der Waals surface area contributed by atoms with Gasteiger partial charge >= 0.3 is 0 Å². The molecule has 7 heteroatoms. The molecule has 4 nitrogen and oxygen atoms in total. The fourth-order valence-electron chi connectivity index (χ4n) is 1.14. The third-order valence-corrected chi connectivity index (χ3v) is 5.58. The molecular weight excluding hydrogens is 264 g/mol. The molecule has 0 aromatic carbocycles. The zero-order valence-corrected chi connectivity index (χ0v) is 11.0. The predicted molar refractivity (Wildman–Crippen MR) is 65.2 cm³/mol. The Balaban J connectivity index is 2.06. The SMILES string of the molecule is Cc1ncc(CNS(=O)(=O)c2cccs2)s1. The zero-order chi connectivity index (χ0) is 11.6. The van der Waals surface area contributed by atoms with Crippen LogP contribution in [0.2, 0.25) is 0 Å². The van der Waals surface area contributed by atoms with E-state index < -0.39 is 10.0 Å². The molecule has 0 unspecified atom stereocenters. The third kappa shape index (κ3) is 2.67. The number of thiazole rings is 1. The van der Waals surface area contributed by atoms with Crippen molar-refractivity contribution in [2.45, 2.75) is 17.7 Å². The van der Waals surface area contributed by atoms with Gasteiger partial charge in [0.25, 0.3) is 0 Å². The van der Waals surface area contributed by atoms with E-state index in [1.165, 1.54) is 22.7 Å². The van der Waals surface area contributed by atoms with Crippen molar-refractivity contribution in [2.24, 2.45) is 0 Å². The molecule has 0 spiro atoms. The Morgan fingerprint density at radius 2 is 2.31 bits per heavy atom. The van der Waals surface area contributed by atoms with Crippen molar-refractivity contribution < 1.29 is 8.42 Å². The van der Waals surface area contributed by atoms with Gasteiger partial charge in [-0.15, -0.1) is 22.7 Å². The lowest BCUT2D eigenvalue weighted by Gasteiger charge is -2.01. The largest absolute Gasteiger partial charge is 0.250 e. The Kier molecular flexibility index (Phi) is 3.38. The number of thiophene rings is 1. The molecule has 0 amide bonds. The number of rotatable bonds is 4. The minimum atomic E-state index is -3.36. The van der Waals surface area contributed by atoms with Gasteiger partial charge in [0.1, 0.15) is 4.21 Å². The number of aromatic nitrogens is 1. The zero-order valence-electron chi connectivity index (χ0n) is 8.50. The highest BCUT2D eigenvalue weighted by Crippen LogP contribution is 2.17. The molecule has 2 heterocycles. The number of aryl methyl sites for hydroxylation is 1. The van der Waals surface area contributed by atoms with E-state index in [2.05, 4.69) is 9.71 Å². The summed E-state index contributed by atoms with van der Waals surface area (Å²) in [6.07, 6.45) is 1.69. The highest BCUT2D eigenvalue weighted by Gasteiger charge is 2.14. The molecule has 0 radical (unpaired) electrons. The van der Waals surface area contributed by atoms with Crippen LogP contribution in [0.25, 0.3) is 0 Å². The Labute approximate surface area is 102 Å². The van der Waals surface area contributed by atoms with Gasteiger partial charge in [0.15, 0.2) is 0 Å². The van der Waals surface area contributed by atoms with Gasteiger partial charge in [0.05, 0.1) is 5.01 Å². The average Bonchev–Trinajstić information content (AvgIpc) is 2.85. The first-order chi connectivity index (χ1) is 7.58. The summed E-state index contributed by atoms with van der Waals surface area (Å²) in [5.41, 5.74) is 0. The summed E-state index contributed by atoms with van der Waals surface area (Å²) in [6.45, 7) is 2.19. The second kappa shape index (κ2) is 4.62. The summed E-state index contributed by atoms with van der Waals surface area (Å²) in [6, 6.07) is 3.31. The molecule has 86 valence electrons. The quantitative estimate of drug-likeness (QED) is 0.927. The van der Waals surface area contributed by atoms with Crippen molar-refractivity contribution in [1.82, 2.24) is 9.71 Å². The van der Waals surface area contributed by atoms with Gasteiger partial charge in [-0.05, 0) is 18.4 Å². The van der Waals surface area contributed by atoms with E-state index >= 15 is 0 Å². The standard InChI is InChI=1S/C9H10N2O2S3/c1-7-10-5-8(15-7)6-11-16(12,13)9-3-2-4-14-9/h2-5,11H,6H2,1H3. The second-order valence-electron chi connectivity index (χ2n) is 3.10. The first-order valence-electron chi connectivity index (χ1n) is 4.52. The van der Waals surface area contributed by atoms with Crippen LogP contribution in [0, 0.1) is 6.92 Å². The molecule has 16 heavy (non-hydrogen) atoms. The number of hydrogen-bond acceptors (Lipinski definition) is 5. The molecule has 2 aromatic heterocycles. The van der Waals surface area contributed by atoms with Gasteiger partial charge in [-0.25, -0.2) is 18.1 Å². The van der Waals surface area contributed by atoms with Crippen LogP contribution in [-0.2, 0) is 16.6 Å². The lowest BCUT2D eigenvalue weighted by atomic mass is 10.6.